The number of pyridine rings is 1. The number of fused-ring (bicyclic) bond motifs is 1. The zero-order valence-corrected chi connectivity index (χ0v) is 14.7. The first-order valence-corrected chi connectivity index (χ1v) is 8.19. The van der Waals surface area contributed by atoms with Gasteiger partial charge in [-0.1, -0.05) is 29.3 Å². The van der Waals surface area contributed by atoms with Crippen LogP contribution in [0.15, 0.2) is 47.3 Å². The Kier molecular flexibility index (Phi) is 4.97. The van der Waals surface area contributed by atoms with Crippen molar-refractivity contribution < 1.29 is 9.53 Å². The topological polar surface area (TPSA) is 71.2 Å². The third-order valence-corrected chi connectivity index (χ3v) is 4.11. The van der Waals surface area contributed by atoms with E-state index in [4.69, 9.17) is 27.9 Å². The second-order valence-electron chi connectivity index (χ2n) is 5.50. The fourth-order valence-corrected chi connectivity index (χ4v) is 2.65. The van der Waals surface area contributed by atoms with Gasteiger partial charge in [0.05, 0.1) is 10.5 Å². The molecular weight excluding hydrogens is 363 g/mol. The molecule has 3 aromatic rings. The summed E-state index contributed by atoms with van der Waals surface area (Å²) in [4.78, 5) is 26.5. The summed E-state index contributed by atoms with van der Waals surface area (Å²) in [6.07, 6.45) is 0. The van der Waals surface area contributed by atoms with Crippen LogP contribution in [0.1, 0.15) is 5.56 Å². The Labute approximate surface area is 153 Å². The number of H-pyrrole nitrogens is 1. The molecule has 0 aliphatic carbocycles. The molecule has 0 saturated heterocycles. The third-order valence-electron chi connectivity index (χ3n) is 3.57. The number of anilines is 1. The van der Waals surface area contributed by atoms with Crippen molar-refractivity contribution in [2.75, 3.05) is 11.9 Å². The van der Waals surface area contributed by atoms with E-state index in [1.54, 1.807) is 43.3 Å². The second-order valence-corrected chi connectivity index (χ2v) is 6.34. The average Bonchev–Trinajstić information content (AvgIpc) is 2.57. The van der Waals surface area contributed by atoms with E-state index in [9.17, 15) is 9.59 Å². The average molecular weight is 377 g/mol. The number of aromatic nitrogens is 1. The number of hydrogen-bond acceptors (Lipinski definition) is 3. The smallest absolute Gasteiger partial charge is 0.262 e. The van der Waals surface area contributed by atoms with Crippen LogP contribution in [-0.2, 0) is 4.79 Å². The van der Waals surface area contributed by atoms with Gasteiger partial charge in [-0.3, -0.25) is 9.59 Å². The van der Waals surface area contributed by atoms with Crippen molar-refractivity contribution in [2.24, 2.45) is 0 Å². The SMILES string of the molecule is Cc1cc2ccc(NC(=O)COc3cc(Cl)ccc3Cl)cc2[nH]c1=O. The fraction of sp³-hybridized carbons (Fsp3) is 0.111. The minimum atomic E-state index is -0.357. The highest BCUT2D eigenvalue weighted by molar-refractivity contribution is 6.34. The van der Waals surface area contributed by atoms with Crippen molar-refractivity contribution in [3.8, 4) is 5.75 Å². The lowest BCUT2D eigenvalue weighted by Gasteiger charge is -2.10. The number of hydrogen-bond donors (Lipinski definition) is 2. The summed E-state index contributed by atoms with van der Waals surface area (Å²) >= 11 is 11.9. The lowest BCUT2D eigenvalue weighted by molar-refractivity contribution is -0.118. The van der Waals surface area contributed by atoms with Crippen molar-refractivity contribution in [1.29, 1.82) is 0 Å². The highest BCUT2D eigenvalue weighted by Gasteiger charge is 2.08. The molecule has 128 valence electrons. The number of ether oxygens (including phenoxy) is 1. The highest BCUT2D eigenvalue weighted by atomic mass is 35.5. The number of amides is 1. The van der Waals surface area contributed by atoms with E-state index in [-0.39, 0.29) is 18.1 Å². The van der Waals surface area contributed by atoms with E-state index in [1.165, 1.54) is 0 Å². The van der Waals surface area contributed by atoms with Crippen LogP contribution < -0.4 is 15.6 Å². The van der Waals surface area contributed by atoms with Gasteiger partial charge >= 0.3 is 0 Å². The molecular formula is C18H14Cl2N2O3. The molecule has 0 fully saturated rings. The maximum atomic E-state index is 12.1. The summed E-state index contributed by atoms with van der Waals surface area (Å²) in [6.45, 7) is 1.52. The number of aryl methyl sites for hydroxylation is 1. The lowest BCUT2D eigenvalue weighted by atomic mass is 10.1. The summed E-state index contributed by atoms with van der Waals surface area (Å²) in [6, 6.07) is 11.8. The van der Waals surface area contributed by atoms with Gasteiger partial charge in [-0.25, -0.2) is 0 Å². The van der Waals surface area contributed by atoms with Gasteiger partial charge in [0.15, 0.2) is 6.61 Å². The molecule has 1 aromatic heterocycles. The molecule has 25 heavy (non-hydrogen) atoms. The molecule has 0 unspecified atom stereocenters. The number of aromatic amines is 1. The first-order chi connectivity index (χ1) is 11.9. The Morgan fingerprint density at radius 2 is 1.96 bits per heavy atom. The van der Waals surface area contributed by atoms with Crippen molar-refractivity contribution >= 4 is 45.7 Å². The number of benzene rings is 2. The van der Waals surface area contributed by atoms with Gasteiger partial charge < -0.3 is 15.0 Å². The first-order valence-electron chi connectivity index (χ1n) is 7.44. The Balaban J connectivity index is 1.70. The van der Waals surface area contributed by atoms with Crippen molar-refractivity contribution in [2.45, 2.75) is 6.92 Å². The standard InChI is InChI=1S/C18H14Cl2N2O3/c1-10-6-11-2-4-13(8-15(11)22-18(10)24)21-17(23)9-25-16-7-12(19)3-5-14(16)20/h2-8H,9H2,1H3,(H,21,23)(H,22,24). The summed E-state index contributed by atoms with van der Waals surface area (Å²) < 4.78 is 5.39. The van der Waals surface area contributed by atoms with Gasteiger partial charge in [-0.05, 0) is 42.6 Å². The van der Waals surface area contributed by atoms with Crippen LogP contribution in [0.2, 0.25) is 10.0 Å². The van der Waals surface area contributed by atoms with Gasteiger partial charge in [-0.2, -0.15) is 0 Å². The molecule has 2 N–H and O–H groups in total. The summed E-state index contributed by atoms with van der Waals surface area (Å²) in [5, 5.41) is 4.43. The maximum absolute atomic E-state index is 12.1. The fourth-order valence-electron chi connectivity index (χ4n) is 2.32. The van der Waals surface area contributed by atoms with Crippen LogP contribution in [0, 0.1) is 6.92 Å². The number of halogens is 2. The van der Waals surface area contributed by atoms with Crippen LogP contribution in [0.3, 0.4) is 0 Å². The molecule has 0 atom stereocenters. The Morgan fingerprint density at radius 1 is 1.16 bits per heavy atom. The summed E-state index contributed by atoms with van der Waals surface area (Å²) in [7, 11) is 0. The molecule has 3 rings (SSSR count). The van der Waals surface area contributed by atoms with Crippen LogP contribution in [0.5, 0.6) is 5.75 Å². The normalized spacial score (nSPS) is 10.7. The van der Waals surface area contributed by atoms with E-state index >= 15 is 0 Å². The quantitative estimate of drug-likeness (QED) is 0.717. The minimum absolute atomic E-state index is 0.157. The van der Waals surface area contributed by atoms with E-state index in [0.717, 1.165) is 5.39 Å². The van der Waals surface area contributed by atoms with Gasteiger partial charge in [0.25, 0.3) is 11.5 Å². The van der Waals surface area contributed by atoms with Crippen LogP contribution in [-0.4, -0.2) is 17.5 Å². The lowest BCUT2D eigenvalue weighted by Crippen LogP contribution is -2.20. The predicted octanol–water partition coefficient (Wildman–Crippen LogP) is 4.16. The molecule has 0 radical (unpaired) electrons. The number of nitrogens with one attached hydrogen (secondary N) is 2. The zero-order chi connectivity index (χ0) is 18.0. The van der Waals surface area contributed by atoms with Gasteiger partial charge in [0, 0.05) is 22.3 Å². The Morgan fingerprint density at radius 3 is 2.76 bits per heavy atom. The highest BCUT2D eigenvalue weighted by Crippen LogP contribution is 2.27. The largest absolute Gasteiger partial charge is 0.482 e. The molecule has 0 saturated carbocycles. The molecule has 5 nitrogen and oxygen atoms in total. The molecule has 0 aliphatic rings. The van der Waals surface area contributed by atoms with Gasteiger partial charge in [0.2, 0.25) is 0 Å². The van der Waals surface area contributed by atoms with E-state index in [1.807, 2.05) is 6.07 Å². The van der Waals surface area contributed by atoms with Crippen molar-refractivity contribution in [3.05, 3.63) is 68.4 Å². The molecule has 1 heterocycles. The summed E-state index contributed by atoms with van der Waals surface area (Å²) in [5.74, 6) is -0.0208. The maximum Gasteiger partial charge on any atom is 0.262 e. The van der Waals surface area contributed by atoms with Gasteiger partial charge in [-0.15, -0.1) is 0 Å². The molecule has 0 spiro atoms. The molecule has 2 aromatic carbocycles. The third kappa shape index (κ3) is 4.13. The molecule has 1 amide bonds. The monoisotopic (exact) mass is 376 g/mol. The van der Waals surface area contributed by atoms with Gasteiger partial charge in [0.1, 0.15) is 5.75 Å². The van der Waals surface area contributed by atoms with E-state index < -0.39 is 0 Å². The number of carbonyl (C=O) groups excluding carboxylic acids is 1. The predicted molar refractivity (Wildman–Crippen MR) is 99.9 cm³/mol. The second kappa shape index (κ2) is 7.17. The summed E-state index contributed by atoms with van der Waals surface area (Å²) in [5.41, 5.74) is 1.68. The molecule has 0 aliphatic heterocycles. The number of rotatable bonds is 4. The van der Waals surface area contributed by atoms with Crippen molar-refractivity contribution in [1.82, 2.24) is 4.98 Å². The van der Waals surface area contributed by atoms with Crippen molar-refractivity contribution in [3.63, 3.8) is 0 Å². The van der Waals surface area contributed by atoms with E-state index in [2.05, 4.69) is 10.3 Å². The zero-order valence-electron chi connectivity index (χ0n) is 13.2. The minimum Gasteiger partial charge on any atom is -0.482 e. The van der Waals surface area contributed by atoms with E-state index in [0.29, 0.717) is 32.6 Å². The number of carbonyl (C=O) groups is 1. The van der Waals surface area contributed by atoms with Crippen LogP contribution in [0.25, 0.3) is 10.9 Å². The van der Waals surface area contributed by atoms with Crippen LogP contribution >= 0.6 is 23.2 Å². The molecule has 0 bridgehead atoms. The Bertz CT molecular complexity index is 1010. The molecule has 7 heteroatoms. The first kappa shape index (κ1) is 17.3. The Hall–Kier alpha value is -2.50. The van der Waals surface area contributed by atoms with Crippen LogP contribution in [0.4, 0.5) is 5.69 Å².